The number of aromatic nitrogens is 1. The predicted octanol–water partition coefficient (Wildman–Crippen LogP) is 2.75. The second kappa shape index (κ2) is 5.06. The second-order valence-electron chi connectivity index (χ2n) is 4.29. The van der Waals surface area contributed by atoms with Crippen LogP contribution >= 0.6 is 0 Å². The van der Waals surface area contributed by atoms with E-state index in [4.69, 9.17) is 4.52 Å². The summed E-state index contributed by atoms with van der Waals surface area (Å²) in [7, 11) is 0. The van der Waals surface area contributed by atoms with E-state index >= 15 is 0 Å². The molecule has 1 aromatic carbocycles. The molecule has 1 heterocycles. The summed E-state index contributed by atoms with van der Waals surface area (Å²) in [6.07, 6.45) is 0. The maximum absolute atomic E-state index is 12.1. The van der Waals surface area contributed by atoms with Gasteiger partial charge >= 0.3 is 0 Å². The molecule has 2 aromatic rings. The summed E-state index contributed by atoms with van der Waals surface area (Å²) in [5.41, 5.74) is 2.22. The zero-order valence-corrected chi connectivity index (χ0v) is 11.0. The highest BCUT2D eigenvalue weighted by Crippen LogP contribution is 2.16. The number of ketones is 1. The van der Waals surface area contributed by atoms with Crippen molar-refractivity contribution in [3.05, 3.63) is 46.8 Å². The van der Waals surface area contributed by atoms with Crippen LogP contribution in [-0.4, -0.2) is 16.8 Å². The van der Waals surface area contributed by atoms with Gasteiger partial charge in [-0.1, -0.05) is 5.16 Å². The van der Waals surface area contributed by atoms with E-state index in [1.54, 1.807) is 38.1 Å². The van der Waals surface area contributed by atoms with E-state index in [1.807, 2.05) is 0 Å². The third-order valence-corrected chi connectivity index (χ3v) is 2.81. The lowest BCUT2D eigenvalue weighted by atomic mass is 10.1. The maximum Gasteiger partial charge on any atom is 0.261 e. The minimum absolute atomic E-state index is 0.0106. The van der Waals surface area contributed by atoms with E-state index < -0.39 is 0 Å². The van der Waals surface area contributed by atoms with E-state index in [1.165, 1.54) is 6.92 Å². The maximum atomic E-state index is 12.1. The molecule has 0 unspecified atom stereocenters. The van der Waals surface area contributed by atoms with Gasteiger partial charge in [0, 0.05) is 11.3 Å². The van der Waals surface area contributed by atoms with Gasteiger partial charge in [0.25, 0.3) is 5.91 Å². The first-order valence-electron chi connectivity index (χ1n) is 5.84. The molecule has 0 spiro atoms. The van der Waals surface area contributed by atoms with Crippen LogP contribution in [0.4, 0.5) is 5.69 Å². The molecule has 0 aliphatic carbocycles. The summed E-state index contributed by atoms with van der Waals surface area (Å²) in [5, 5.41) is 6.48. The first kappa shape index (κ1) is 13.0. The van der Waals surface area contributed by atoms with Gasteiger partial charge < -0.3 is 9.84 Å². The minimum Gasteiger partial charge on any atom is -0.361 e. The zero-order chi connectivity index (χ0) is 14.0. The number of Topliss-reactive ketones (excluding diaryl/α,β-unsaturated/α-hetero) is 1. The fourth-order valence-corrected chi connectivity index (χ4v) is 1.79. The number of nitrogens with zero attached hydrogens (tertiary/aromatic N) is 1. The molecule has 1 amide bonds. The van der Waals surface area contributed by atoms with Crippen molar-refractivity contribution in [3.63, 3.8) is 0 Å². The molecule has 2 rings (SSSR count). The number of carbonyl (C=O) groups excluding carboxylic acids is 2. The summed E-state index contributed by atoms with van der Waals surface area (Å²) in [5.74, 6) is 0.200. The van der Waals surface area contributed by atoms with Crippen molar-refractivity contribution in [1.82, 2.24) is 5.16 Å². The summed E-state index contributed by atoms with van der Waals surface area (Å²) >= 11 is 0. The molecule has 1 aromatic heterocycles. The van der Waals surface area contributed by atoms with Crippen LogP contribution < -0.4 is 5.32 Å². The molecule has 0 aliphatic rings. The molecule has 0 saturated heterocycles. The summed E-state index contributed by atoms with van der Waals surface area (Å²) in [4.78, 5) is 23.2. The Hall–Kier alpha value is -2.43. The standard InChI is InChI=1S/C14H14N2O3/c1-8-13(10(3)19-16-8)14(18)15-12-6-4-11(5-7-12)9(2)17/h4-7H,1-3H3,(H,15,18). The largest absolute Gasteiger partial charge is 0.361 e. The van der Waals surface area contributed by atoms with Gasteiger partial charge in [0.15, 0.2) is 5.78 Å². The highest BCUT2D eigenvalue weighted by Gasteiger charge is 2.17. The Morgan fingerprint density at radius 3 is 2.26 bits per heavy atom. The van der Waals surface area contributed by atoms with Gasteiger partial charge in [0.1, 0.15) is 11.3 Å². The fourth-order valence-electron chi connectivity index (χ4n) is 1.79. The number of hydrogen-bond donors (Lipinski definition) is 1. The normalized spacial score (nSPS) is 10.3. The van der Waals surface area contributed by atoms with Crippen LogP contribution in [0.5, 0.6) is 0 Å². The quantitative estimate of drug-likeness (QED) is 0.859. The SMILES string of the molecule is CC(=O)c1ccc(NC(=O)c2c(C)noc2C)cc1. The van der Waals surface area contributed by atoms with Gasteiger partial charge in [0.05, 0.1) is 5.69 Å². The second-order valence-corrected chi connectivity index (χ2v) is 4.29. The van der Waals surface area contributed by atoms with E-state index in [0.29, 0.717) is 28.3 Å². The number of carbonyl (C=O) groups is 2. The van der Waals surface area contributed by atoms with Crippen LogP contribution in [0.15, 0.2) is 28.8 Å². The third-order valence-electron chi connectivity index (χ3n) is 2.81. The fraction of sp³-hybridized carbons (Fsp3) is 0.214. The topological polar surface area (TPSA) is 72.2 Å². The van der Waals surface area contributed by atoms with Gasteiger partial charge in [-0.25, -0.2) is 0 Å². The predicted molar refractivity (Wildman–Crippen MR) is 70.4 cm³/mol. The molecule has 5 heteroatoms. The Labute approximate surface area is 110 Å². The molecule has 0 bridgehead atoms. The molecular formula is C14H14N2O3. The Bertz CT molecular complexity index is 607. The van der Waals surface area contributed by atoms with Crippen molar-refractivity contribution in [2.75, 3.05) is 5.32 Å². The molecular weight excluding hydrogens is 244 g/mol. The number of aryl methyl sites for hydroxylation is 2. The first-order chi connectivity index (χ1) is 8.99. The Morgan fingerprint density at radius 1 is 1.16 bits per heavy atom. The third kappa shape index (κ3) is 2.70. The monoisotopic (exact) mass is 258 g/mol. The summed E-state index contributed by atoms with van der Waals surface area (Å²) in [6, 6.07) is 6.72. The number of hydrogen-bond acceptors (Lipinski definition) is 4. The molecule has 0 atom stereocenters. The number of rotatable bonds is 3. The van der Waals surface area contributed by atoms with Gasteiger partial charge in [-0.2, -0.15) is 0 Å². The number of anilines is 1. The van der Waals surface area contributed by atoms with Crippen LogP contribution in [0, 0.1) is 13.8 Å². The summed E-state index contributed by atoms with van der Waals surface area (Å²) < 4.78 is 4.95. The van der Waals surface area contributed by atoms with Gasteiger partial charge in [-0.05, 0) is 45.0 Å². The lowest BCUT2D eigenvalue weighted by Crippen LogP contribution is -2.13. The first-order valence-corrected chi connectivity index (χ1v) is 5.84. The van der Waals surface area contributed by atoms with Crippen molar-refractivity contribution < 1.29 is 14.1 Å². The van der Waals surface area contributed by atoms with Gasteiger partial charge in [-0.15, -0.1) is 0 Å². The number of nitrogens with one attached hydrogen (secondary N) is 1. The van der Waals surface area contributed by atoms with Gasteiger partial charge in [0.2, 0.25) is 0 Å². The highest BCUT2D eigenvalue weighted by atomic mass is 16.5. The van der Waals surface area contributed by atoms with Crippen LogP contribution in [0.25, 0.3) is 0 Å². The van der Waals surface area contributed by atoms with Crippen molar-refractivity contribution >= 4 is 17.4 Å². The lowest BCUT2D eigenvalue weighted by Gasteiger charge is -2.05. The highest BCUT2D eigenvalue weighted by molar-refractivity contribution is 6.05. The Balaban J connectivity index is 2.17. The van der Waals surface area contributed by atoms with Crippen molar-refractivity contribution in [2.24, 2.45) is 0 Å². The molecule has 98 valence electrons. The van der Waals surface area contributed by atoms with Crippen molar-refractivity contribution in [1.29, 1.82) is 0 Å². The minimum atomic E-state index is -0.271. The number of benzene rings is 1. The molecule has 5 nitrogen and oxygen atoms in total. The van der Waals surface area contributed by atoms with Crippen LogP contribution in [-0.2, 0) is 0 Å². The molecule has 0 radical (unpaired) electrons. The van der Waals surface area contributed by atoms with Crippen LogP contribution in [0.2, 0.25) is 0 Å². The van der Waals surface area contributed by atoms with E-state index in [2.05, 4.69) is 10.5 Å². The van der Waals surface area contributed by atoms with Crippen LogP contribution in [0.3, 0.4) is 0 Å². The molecule has 0 aliphatic heterocycles. The van der Waals surface area contributed by atoms with E-state index in [-0.39, 0.29) is 11.7 Å². The molecule has 19 heavy (non-hydrogen) atoms. The average Bonchev–Trinajstić information content (AvgIpc) is 2.69. The number of amides is 1. The van der Waals surface area contributed by atoms with E-state index in [0.717, 1.165) is 0 Å². The van der Waals surface area contributed by atoms with E-state index in [9.17, 15) is 9.59 Å². The molecule has 0 fully saturated rings. The smallest absolute Gasteiger partial charge is 0.261 e. The summed E-state index contributed by atoms with van der Waals surface area (Å²) in [6.45, 7) is 4.90. The molecule has 0 saturated carbocycles. The zero-order valence-electron chi connectivity index (χ0n) is 11.0. The molecule has 1 N–H and O–H groups in total. The Morgan fingerprint density at radius 2 is 1.79 bits per heavy atom. The average molecular weight is 258 g/mol. The van der Waals surface area contributed by atoms with Crippen molar-refractivity contribution in [3.8, 4) is 0 Å². The van der Waals surface area contributed by atoms with Gasteiger partial charge in [-0.3, -0.25) is 9.59 Å². The van der Waals surface area contributed by atoms with Crippen LogP contribution in [0.1, 0.15) is 39.1 Å². The lowest BCUT2D eigenvalue weighted by molar-refractivity contribution is 0.101. The Kier molecular flexibility index (Phi) is 3.46. The van der Waals surface area contributed by atoms with Crippen molar-refractivity contribution in [2.45, 2.75) is 20.8 Å².